The average molecular weight is 389 g/mol. The topological polar surface area (TPSA) is 56.3 Å². The number of halogens is 2. The lowest BCUT2D eigenvalue weighted by molar-refractivity contribution is 0.394. The summed E-state index contributed by atoms with van der Waals surface area (Å²) in [6, 6.07) is 5.62. The third-order valence-corrected chi connectivity index (χ3v) is 3.27. The smallest absolute Gasteiger partial charge is 0.232 e. The zero-order valence-electron chi connectivity index (χ0n) is 10.3. The zero-order chi connectivity index (χ0) is 13.8. The molecule has 1 aromatic carbocycles. The summed E-state index contributed by atoms with van der Waals surface area (Å²) in [5.41, 5.74) is 0.815. The Bertz CT molecular complexity index is 593. The second-order valence-electron chi connectivity index (χ2n) is 3.56. The third kappa shape index (κ3) is 3.57. The molecule has 0 spiro atoms. The van der Waals surface area contributed by atoms with Crippen LogP contribution < -0.4 is 14.8 Å². The van der Waals surface area contributed by atoms with Gasteiger partial charge in [0.2, 0.25) is 11.8 Å². The molecule has 1 aromatic heterocycles. The van der Waals surface area contributed by atoms with E-state index in [1.165, 1.54) is 0 Å². The fraction of sp³-hybridized carbons (Fsp3) is 0.167. The Hall–Kier alpha value is -1.34. The summed E-state index contributed by atoms with van der Waals surface area (Å²) >= 11 is 6.72. The highest BCUT2D eigenvalue weighted by atomic mass is 79.9. The van der Waals surface area contributed by atoms with E-state index in [1.54, 1.807) is 20.4 Å². The SMILES string of the molecule is COc1cc(Br)cc(Nc2ncc(Br)c(OC)n2)c1. The van der Waals surface area contributed by atoms with Gasteiger partial charge >= 0.3 is 0 Å². The molecule has 1 heterocycles. The molecule has 100 valence electrons. The van der Waals surface area contributed by atoms with Gasteiger partial charge in [0.05, 0.1) is 24.9 Å². The maximum absolute atomic E-state index is 5.19. The lowest BCUT2D eigenvalue weighted by Gasteiger charge is -2.09. The van der Waals surface area contributed by atoms with Gasteiger partial charge in [0.15, 0.2) is 0 Å². The summed E-state index contributed by atoms with van der Waals surface area (Å²) in [6.45, 7) is 0. The number of aromatic nitrogens is 2. The molecule has 0 amide bonds. The second kappa shape index (κ2) is 6.21. The third-order valence-electron chi connectivity index (χ3n) is 2.27. The molecule has 5 nitrogen and oxygen atoms in total. The van der Waals surface area contributed by atoms with Crippen LogP contribution in [0.25, 0.3) is 0 Å². The molecule has 0 saturated heterocycles. The molecule has 0 atom stereocenters. The summed E-state index contributed by atoms with van der Waals surface area (Å²) in [5, 5.41) is 3.09. The minimum Gasteiger partial charge on any atom is -0.497 e. The van der Waals surface area contributed by atoms with Crippen LogP contribution in [0.1, 0.15) is 0 Å². The highest BCUT2D eigenvalue weighted by Crippen LogP contribution is 2.27. The molecule has 0 aliphatic heterocycles. The number of ether oxygens (including phenoxy) is 2. The van der Waals surface area contributed by atoms with Crippen molar-refractivity contribution < 1.29 is 9.47 Å². The fourth-order valence-corrected chi connectivity index (χ4v) is 2.26. The van der Waals surface area contributed by atoms with Gasteiger partial charge in [-0.25, -0.2) is 4.98 Å². The lowest BCUT2D eigenvalue weighted by atomic mass is 10.3. The minimum atomic E-state index is 0.445. The van der Waals surface area contributed by atoms with E-state index >= 15 is 0 Å². The van der Waals surface area contributed by atoms with Crippen molar-refractivity contribution >= 4 is 43.5 Å². The van der Waals surface area contributed by atoms with Crippen LogP contribution in [-0.2, 0) is 0 Å². The van der Waals surface area contributed by atoms with E-state index in [2.05, 4.69) is 47.1 Å². The van der Waals surface area contributed by atoms with E-state index in [9.17, 15) is 0 Å². The molecule has 0 aliphatic rings. The Morgan fingerprint density at radius 2 is 1.89 bits per heavy atom. The number of anilines is 2. The maximum atomic E-state index is 5.19. The van der Waals surface area contributed by atoms with E-state index in [-0.39, 0.29) is 0 Å². The van der Waals surface area contributed by atoms with Crippen molar-refractivity contribution in [2.24, 2.45) is 0 Å². The first-order chi connectivity index (χ1) is 9.12. The van der Waals surface area contributed by atoms with E-state index in [1.807, 2.05) is 18.2 Å². The molecule has 0 saturated carbocycles. The Balaban J connectivity index is 2.28. The van der Waals surface area contributed by atoms with Gasteiger partial charge in [0, 0.05) is 16.2 Å². The van der Waals surface area contributed by atoms with Gasteiger partial charge in [-0.1, -0.05) is 15.9 Å². The Morgan fingerprint density at radius 3 is 2.58 bits per heavy atom. The van der Waals surface area contributed by atoms with Crippen molar-refractivity contribution in [1.82, 2.24) is 9.97 Å². The molecule has 0 fully saturated rings. The van der Waals surface area contributed by atoms with Crippen LogP contribution in [0.5, 0.6) is 11.6 Å². The van der Waals surface area contributed by atoms with Gasteiger partial charge < -0.3 is 14.8 Å². The van der Waals surface area contributed by atoms with Crippen LogP contribution in [0, 0.1) is 0 Å². The normalized spacial score (nSPS) is 10.1. The van der Waals surface area contributed by atoms with Crippen molar-refractivity contribution in [2.75, 3.05) is 19.5 Å². The Labute approximate surface area is 127 Å². The molecule has 7 heteroatoms. The molecular formula is C12H11Br2N3O2. The molecule has 0 unspecified atom stereocenters. The molecule has 2 rings (SSSR count). The predicted octanol–water partition coefficient (Wildman–Crippen LogP) is 3.76. The van der Waals surface area contributed by atoms with Crippen molar-refractivity contribution in [3.63, 3.8) is 0 Å². The van der Waals surface area contributed by atoms with Gasteiger partial charge in [-0.05, 0) is 28.1 Å². The molecule has 0 bridgehead atoms. The van der Waals surface area contributed by atoms with Gasteiger partial charge in [0.1, 0.15) is 5.75 Å². The number of hydrogen-bond donors (Lipinski definition) is 1. The minimum absolute atomic E-state index is 0.445. The highest BCUT2D eigenvalue weighted by Gasteiger charge is 2.06. The standard InChI is InChI=1S/C12H11Br2N3O2/c1-18-9-4-7(13)3-8(5-9)16-12-15-6-10(14)11(17-12)19-2/h3-6H,1-2H3,(H,15,16,17). The number of nitrogens with zero attached hydrogens (tertiary/aromatic N) is 2. The lowest BCUT2D eigenvalue weighted by Crippen LogP contribution is -1.99. The van der Waals surface area contributed by atoms with Crippen LogP contribution in [0.15, 0.2) is 33.3 Å². The van der Waals surface area contributed by atoms with Crippen LogP contribution in [0.4, 0.5) is 11.6 Å². The molecule has 19 heavy (non-hydrogen) atoms. The molecular weight excluding hydrogens is 378 g/mol. The number of benzene rings is 1. The monoisotopic (exact) mass is 387 g/mol. The molecule has 1 N–H and O–H groups in total. The van der Waals surface area contributed by atoms with Crippen LogP contribution in [0.3, 0.4) is 0 Å². The first kappa shape index (κ1) is 14.1. The fourth-order valence-electron chi connectivity index (χ4n) is 1.44. The summed E-state index contributed by atoms with van der Waals surface area (Å²) in [7, 11) is 3.17. The van der Waals surface area contributed by atoms with Crippen LogP contribution in [0.2, 0.25) is 0 Å². The molecule has 0 aliphatic carbocycles. The summed E-state index contributed by atoms with van der Waals surface area (Å²) in [5.74, 6) is 1.65. The van der Waals surface area contributed by atoms with Crippen LogP contribution >= 0.6 is 31.9 Å². The second-order valence-corrected chi connectivity index (χ2v) is 5.33. The van der Waals surface area contributed by atoms with E-state index in [0.717, 1.165) is 15.9 Å². The first-order valence-corrected chi connectivity index (χ1v) is 6.89. The van der Waals surface area contributed by atoms with Crippen LogP contribution in [-0.4, -0.2) is 24.2 Å². The van der Waals surface area contributed by atoms with Crippen molar-refractivity contribution in [2.45, 2.75) is 0 Å². The largest absolute Gasteiger partial charge is 0.497 e. The summed E-state index contributed by atoms with van der Waals surface area (Å²) in [4.78, 5) is 8.39. The quantitative estimate of drug-likeness (QED) is 0.863. The first-order valence-electron chi connectivity index (χ1n) is 5.30. The predicted molar refractivity (Wildman–Crippen MR) is 80.3 cm³/mol. The number of rotatable bonds is 4. The maximum Gasteiger partial charge on any atom is 0.232 e. The molecule has 2 aromatic rings. The Morgan fingerprint density at radius 1 is 1.11 bits per heavy atom. The highest BCUT2D eigenvalue weighted by molar-refractivity contribution is 9.10. The van der Waals surface area contributed by atoms with Gasteiger partial charge in [0.25, 0.3) is 0 Å². The van der Waals surface area contributed by atoms with E-state index in [4.69, 9.17) is 9.47 Å². The number of nitrogens with one attached hydrogen (secondary N) is 1. The van der Waals surface area contributed by atoms with Gasteiger partial charge in [-0.3, -0.25) is 0 Å². The van der Waals surface area contributed by atoms with E-state index < -0.39 is 0 Å². The average Bonchev–Trinajstić information content (AvgIpc) is 2.40. The Kier molecular flexibility index (Phi) is 4.60. The number of methoxy groups -OCH3 is 2. The zero-order valence-corrected chi connectivity index (χ0v) is 13.4. The van der Waals surface area contributed by atoms with Crippen molar-refractivity contribution in [3.05, 3.63) is 33.3 Å². The van der Waals surface area contributed by atoms with Gasteiger partial charge in [-0.2, -0.15) is 4.98 Å². The van der Waals surface area contributed by atoms with Crippen molar-refractivity contribution in [3.8, 4) is 11.6 Å². The number of hydrogen-bond acceptors (Lipinski definition) is 5. The summed E-state index contributed by atoms with van der Waals surface area (Å²) < 4.78 is 11.9. The molecule has 0 radical (unpaired) electrons. The van der Waals surface area contributed by atoms with Gasteiger partial charge in [-0.15, -0.1) is 0 Å². The van der Waals surface area contributed by atoms with Crippen molar-refractivity contribution in [1.29, 1.82) is 0 Å². The van der Waals surface area contributed by atoms with E-state index in [0.29, 0.717) is 16.3 Å². The summed E-state index contributed by atoms with van der Waals surface area (Å²) in [6.07, 6.45) is 1.63.